The summed E-state index contributed by atoms with van der Waals surface area (Å²) in [5.74, 6) is -0.0548. The summed E-state index contributed by atoms with van der Waals surface area (Å²) in [6, 6.07) is 9.48. The number of benzene rings is 2. The number of hydrogen-bond donors (Lipinski definition) is 2. The summed E-state index contributed by atoms with van der Waals surface area (Å²) in [6.45, 7) is 1.69. The number of rotatable bonds is 8. The molecule has 6 nitrogen and oxygen atoms in total. The molecule has 0 saturated carbocycles. The standard InChI is InChI=1S/C18H18O6/c1-2-23-18-15(8-7-14(10-20)17(18)22)24-16(11-21)13-5-3-12(9-19)4-6-13/h3-10,16,21-22H,2,11H2,1H3. The van der Waals surface area contributed by atoms with Crippen LogP contribution in [-0.4, -0.2) is 36.0 Å². The molecule has 0 aliphatic carbocycles. The summed E-state index contributed by atoms with van der Waals surface area (Å²) in [4.78, 5) is 21.6. The Balaban J connectivity index is 2.34. The molecule has 0 aliphatic rings. The number of aliphatic hydroxyl groups is 1. The van der Waals surface area contributed by atoms with E-state index in [2.05, 4.69) is 0 Å². The van der Waals surface area contributed by atoms with E-state index < -0.39 is 6.10 Å². The largest absolute Gasteiger partial charge is 0.504 e. The van der Waals surface area contributed by atoms with E-state index in [9.17, 15) is 19.8 Å². The molecular weight excluding hydrogens is 312 g/mol. The molecule has 0 aliphatic heterocycles. The highest BCUT2D eigenvalue weighted by Crippen LogP contribution is 2.40. The van der Waals surface area contributed by atoms with Crippen LogP contribution in [0.3, 0.4) is 0 Å². The van der Waals surface area contributed by atoms with Crippen molar-refractivity contribution in [2.24, 2.45) is 0 Å². The number of aromatic hydroxyl groups is 1. The van der Waals surface area contributed by atoms with Crippen LogP contribution in [0.4, 0.5) is 0 Å². The van der Waals surface area contributed by atoms with Gasteiger partial charge in [-0.1, -0.05) is 24.3 Å². The van der Waals surface area contributed by atoms with Gasteiger partial charge in [-0.3, -0.25) is 9.59 Å². The van der Waals surface area contributed by atoms with Gasteiger partial charge >= 0.3 is 0 Å². The molecule has 0 aromatic heterocycles. The Morgan fingerprint density at radius 2 is 1.79 bits per heavy atom. The number of phenolic OH excluding ortho intramolecular Hbond substituents is 1. The Morgan fingerprint density at radius 1 is 1.08 bits per heavy atom. The molecule has 0 heterocycles. The van der Waals surface area contributed by atoms with Crippen LogP contribution in [0.5, 0.6) is 17.2 Å². The maximum atomic E-state index is 10.9. The highest BCUT2D eigenvalue weighted by atomic mass is 16.5. The number of aldehydes is 2. The zero-order valence-corrected chi connectivity index (χ0v) is 13.1. The first-order chi connectivity index (χ1) is 11.6. The lowest BCUT2D eigenvalue weighted by Gasteiger charge is -2.20. The van der Waals surface area contributed by atoms with Crippen LogP contribution < -0.4 is 9.47 Å². The van der Waals surface area contributed by atoms with Gasteiger partial charge in [0.15, 0.2) is 17.8 Å². The van der Waals surface area contributed by atoms with Gasteiger partial charge in [-0.2, -0.15) is 0 Å². The molecule has 2 aromatic carbocycles. The molecule has 126 valence electrons. The Hall–Kier alpha value is -2.86. The minimum atomic E-state index is -0.716. The van der Waals surface area contributed by atoms with E-state index in [0.717, 1.165) is 6.29 Å². The lowest BCUT2D eigenvalue weighted by molar-refractivity contribution is 0.109. The number of hydrogen-bond acceptors (Lipinski definition) is 6. The molecule has 2 N–H and O–H groups in total. The molecule has 2 rings (SSSR count). The summed E-state index contributed by atoms with van der Waals surface area (Å²) < 4.78 is 11.1. The lowest BCUT2D eigenvalue weighted by Crippen LogP contribution is -2.13. The van der Waals surface area contributed by atoms with Crippen LogP contribution in [0.25, 0.3) is 0 Å². The van der Waals surface area contributed by atoms with Gasteiger partial charge in [0.25, 0.3) is 0 Å². The Bertz CT molecular complexity index is 708. The Labute approximate surface area is 139 Å². The molecule has 0 amide bonds. The van der Waals surface area contributed by atoms with E-state index in [1.807, 2.05) is 0 Å². The van der Waals surface area contributed by atoms with Crippen LogP contribution in [0.2, 0.25) is 0 Å². The minimum absolute atomic E-state index is 0.0464. The molecule has 0 bridgehead atoms. The first-order valence-corrected chi connectivity index (χ1v) is 7.41. The molecule has 0 spiro atoms. The van der Waals surface area contributed by atoms with Crippen LogP contribution >= 0.6 is 0 Å². The van der Waals surface area contributed by atoms with E-state index in [1.165, 1.54) is 12.1 Å². The van der Waals surface area contributed by atoms with E-state index >= 15 is 0 Å². The van der Waals surface area contributed by atoms with Gasteiger partial charge < -0.3 is 19.7 Å². The minimum Gasteiger partial charge on any atom is -0.504 e. The molecular formula is C18H18O6. The van der Waals surface area contributed by atoms with Crippen molar-refractivity contribution in [2.45, 2.75) is 13.0 Å². The second-order valence-corrected chi connectivity index (χ2v) is 4.96. The third-order valence-corrected chi connectivity index (χ3v) is 3.42. The number of carbonyl (C=O) groups is 2. The topological polar surface area (TPSA) is 93.1 Å². The molecule has 0 saturated heterocycles. The number of carbonyl (C=O) groups excluding carboxylic acids is 2. The monoisotopic (exact) mass is 330 g/mol. The third kappa shape index (κ3) is 3.72. The van der Waals surface area contributed by atoms with Gasteiger partial charge in [0.05, 0.1) is 18.8 Å². The highest BCUT2D eigenvalue weighted by Gasteiger charge is 2.19. The van der Waals surface area contributed by atoms with Gasteiger partial charge in [-0.05, 0) is 24.6 Å². The number of phenols is 1. The number of ether oxygens (including phenoxy) is 2. The van der Waals surface area contributed by atoms with Crippen molar-refractivity contribution in [3.8, 4) is 17.2 Å². The molecule has 1 unspecified atom stereocenters. The van der Waals surface area contributed by atoms with Gasteiger partial charge in [0.1, 0.15) is 12.4 Å². The average molecular weight is 330 g/mol. The quantitative estimate of drug-likeness (QED) is 0.723. The molecule has 1 atom stereocenters. The summed E-state index contributed by atoms with van der Waals surface area (Å²) in [5.41, 5.74) is 1.25. The van der Waals surface area contributed by atoms with Crippen molar-refractivity contribution >= 4 is 12.6 Å². The van der Waals surface area contributed by atoms with Crippen LogP contribution in [0, 0.1) is 0 Å². The van der Waals surface area contributed by atoms with Crippen molar-refractivity contribution in [3.05, 3.63) is 53.1 Å². The van der Waals surface area contributed by atoms with Crippen molar-refractivity contribution in [1.82, 2.24) is 0 Å². The smallest absolute Gasteiger partial charge is 0.204 e. The fraction of sp³-hybridized carbons (Fsp3) is 0.222. The van der Waals surface area contributed by atoms with Crippen LogP contribution in [0.1, 0.15) is 39.3 Å². The zero-order chi connectivity index (χ0) is 17.5. The maximum absolute atomic E-state index is 10.9. The SMILES string of the molecule is CCOc1c(OC(CO)c2ccc(C=O)cc2)ccc(C=O)c1O. The normalized spacial score (nSPS) is 11.6. The molecule has 24 heavy (non-hydrogen) atoms. The highest BCUT2D eigenvalue weighted by molar-refractivity contribution is 5.82. The first-order valence-electron chi connectivity index (χ1n) is 7.41. The van der Waals surface area contributed by atoms with E-state index in [-0.39, 0.29) is 36.0 Å². The second kappa shape index (κ2) is 8.12. The molecule has 2 aromatic rings. The van der Waals surface area contributed by atoms with Gasteiger partial charge in [-0.25, -0.2) is 0 Å². The molecule has 6 heteroatoms. The van der Waals surface area contributed by atoms with Gasteiger partial charge in [-0.15, -0.1) is 0 Å². The second-order valence-electron chi connectivity index (χ2n) is 4.96. The lowest BCUT2D eigenvalue weighted by atomic mass is 10.1. The Kier molecular flexibility index (Phi) is 5.92. The fourth-order valence-corrected chi connectivity index (χ4v) is 2.19. The first kappa shape index (κ1) is 17.5. The number of aliphatic hydroxyl groups excluding tert-OH is 1. The molecule has 0 radical (unpaired) electrons. The van der Waals surface area contributed by atoms with Crippen LogP contribution in [-0.2, 0) is 0 Å². The van der Waals surface area contributed by atoms with Gasteiger partial charge in [0.2, 0.25) is 5.75 Å². The summed E-state index contributed by atoms with van der Waals surface area (Å²) in [5, 5.41) is 19.7. The third-order valence-electron chi connectivity index (χ3n) is 3.42. The average Bonchev–Trinajstić information content (AvgIpc) is 2.62. The van der Waals surface area contributed by atoms with Crippen LogP contribution in [0.15, 0.2) is 36.4 Å². The van der Waals surface area contributed by atoms with Crippen molar-refractivity contribution in [2.75, 3.05) is 13.2 Å². The van der Waals surface area contributed by atoms with Gasteiger partial charge in [0, 0.05) is 5.56 Å². The van der Waals surface area contributed by atoms with E-state index in [4.69, 9.17) is 9.47 Å². The zero-order valence-electron chi connectivity index (χ0n) is 13.1. The fourth-order valence-electron chi connectivity index (χ4n) is 2.19. The van der Waals surface area contributed by atoms with E-state index in [0.29, 0.717) is 17.4 Å². The van der Waals surface area contributed by atoms with E-state index in [1.54, 1.807) is 31.2 Å². The van der Waals surface area contributed by atoms with Crippen molar-refractivity contribution < 1.29 is 29.3 Å². The predicted molar refractivity (Wildman–Crippen MR) is 86.9 cm³/mol. The van der Waals surface area contributed by atoms with Crippen molar-refractivity contribution in [3.63, 3.8) is 0 Å². The summed E-state index contributed by atoms with van der Waals surface area (Å²) in [7, 11) is 0. The predicted octanol–water partition coefficient (Wildman–Crippen LogP) is 2.53. The summed E-state index contributed by atoms with van der Waals surface area (Å²) in [6.07, 6.45) is 0.525. The maximum Gasteiger partial charge on any atom is 0.204 e. The summed E-state index contributed by atoms with van der Waals surface area (Å²) >= 11 is 0. The van der Waals surface area contributed by atoms with Crippen molar-refractivity contribution in [1.29, 1.82) is 0 Å². The Morgan fingerprint density at radius 3 is 2.33 bits per heavy atom. The molecule has 0 fully saturated rings.